The lowest BCUT2D eigenvalue weighted by molar-refractivity contribution is 0.567. The number of unbranched alkanes of at least 4 members (excludes halogenated alkanes) is 3. The van der Waals surface area contributed by atoms with Crippen LogP contribution in [-0.2, 0) is 0 Å². The van der Waals surface area contributed by atoms with Crippen molar-refractivity contribution in [3.05, 3.63) is 53.9 Å². The normalized spacial score (nSPS) is 12.6. The highest BCUT2D eigenvalue weighted by Crippen LogP contribution is 2.25. The van der Waals surface area contributed by atoms with E-state index < -0.39 is 0 Å². The first-order chi connectivity index (χ1) is 9.72. The van der Waals surface area contributed by atoms with Gasteiger partial charge in [-0.25, -0.2) is 0 Å². The second kappa shape index (κ2) is 7.33. The van der Waals surface area contributed by atoms with Gasteiger partial charge in [0.25, 0.3) is 0 Å². The molecule has 0 saturated heterocycles. The molecule has 0 aliphatic carbocycles. The van der Waals surface area contributed by atoms with E-state index in [1.54, 1.807) is 0 Å². The summed E-state index contributed by atoms with van der Waals surface area (Å²) in [5.41, 5.74) is 4.02. The van der Waals surface area contributed by atoms with Crippen LogP contribution in [0.3, 0.4) is 0 Å². The summed E-state index contributed by atoms with van der Waals surface area (Å²) in [5, 5.41) is 0. The Morgan fingerprint density at radius 2 is 1.75 bits per heavy atom. The summed E-state index contributed by atoms with van der Waals surface area (Å²) >= 11 is 0. The van der Waals surface area contributed by atoms with Crippen LogP contribution in [-0.4, -0.2) is 4.57 Å². The fourth-order valence-electron chi connectivity index (χ4n) is 2.76. The Labute approximate surface area is 123 Å². The Kier molecular flexibility index (Phi) is 5.46. The fraction of sp³-hybridized carbons (Fsp3) is 0.474. The minimum atomic E-state index is 0.628. The van der Waals surface area contributed by atoms with Gasteiger partial charge in [-0.15, -0.1) is 0 Å². The second-order valence-corrected chi connectivity index (χ2v) is 5.89. The molecule has 1 heteroatoms. The standard InChI is InChI=1S/C19H27N/c1-4-5-6-7-9-17(3)19-10-8-15-20(19)18-13-11-16(2)12-14-18/h8,10-15,17H,4-7,9H2,1-3H3. The van der Waals surface area contributed by atoms with Gasteiger partial charge >= 0.3 is 0 Å². The molecule has 1 aromatic carbocycles. The molecule has 0 bridgehead atoms. The summed E-state index contributed by atoms with van der Waals surface area (Å²) < 4.78 is 2.34. The molecule has 0 amide bonds. The number of hydrogen-bond donors (Lipinski definition) is 0. The van der Waals surface area contributed by atoms with Gasteiger partial charge in [0.15, 0.2) is 0 Å². The van der Waals surface area contributed by atoms with Crippen LogP contribution in [0.2, 0.25) is 0 Å². The Morgan fingerprint density at radius 3 is 2.45 bits per heavy atom. The maximum Gasteiger partial charge on any atom is 0.0452 e. The van der Waals surface area contributed by atoms with Crippen LogP contribution in [0, 0.1) is 6.92 Å². The molecule has 1 aromatic heterocycles. The van der Waals surface area contributed by atoms with Crippen molar-refractivity contribution in [3.63, 3.8) is 0 Å². The Hall–Kier alpha value is -1.50. The summed E-state index contributed by atoms with van der Waals surface area (Å²) in [4.78, 5) is 0. The average molecular weight is 269 g/mol. The highest BCUT2D eigenvalue weighted by molar-refractivity contribution is 5.37. The van der Waals surface area contributed by atoms with Crippen LogP contribution in [0.1, 0.15) is 63.1 Å². The van der Waals surface area contributed by atoms with E-state index in [9.17, 15) is 0 Å². The molecule has 2 aromatic rings. The average Bonchev–Trinajstić information content (AvgIpc) is 2.93. The number of nitrogens with zero attached hydrogens (tertiary/aromatic N) is 1. The van der Waals surface area contributed by atoms with E-state index in [-0.39, 0.29) is 0 Å². The van der Waals surface area contributed by atoms with Gasteiger partial charge in [0.2, 0.25) is 0 Å². The van der Waals surface area contributed by atoms with Crippen LogP contribution in [0.15, 0.2) is 42.6 Å². The highest BCUT2D eigenvalue weighted by atomic mass is 15.0. The largest absolute Gasteiger partial charge is 0.321 e. The molecular formula is C19H27N. The quantitative estimate of drug-likeness (QED) is 0.555. The topological polar surface area (TPSA) is 4.93 Å². The monoisotopic (exact) mass is 269 g/mol. The van der Waals surface area contributed by atoms with Crippen molar-refractivity contribution >= 4 is 0 Å². The van der Waals surface area contributed by atoms with E-state index in [0.717, 1.165) is 0 Å². The van der Waals surface area contributed by atoms with Gasteiger partial charge in [0, 0.05) is 17.6 Å². The molecule has 0 N–H and O–H groups in total. The third-order valence-corrected chi connectivity index (χ3v) is 4.09. The number of hydrogen-bond acceptors (Lipinski definition) is 0. The fourth-order valence-corrected chi connectivity index (χ4v) is 2.76. The zero-order valence-corrected chi connectivity index (χ0v) is 13.1. The van der Waals surface area contributed by atoms with E-state index in [0.29, 0.717) is 5.92 Å². The SMILES string of the molecule is CCCCCCC(C)c1cccn1-c1ccc(C)cc1. The Balaban J connectivity index is 2.06. The first-order valence-corrected chi connectivity index (χ1v) is 7.96. The van der Waals surface area contributed by atoms with Crippen molar-refractivity contribution in [1.29, 1.82) is 0 Å². The molecule has 20 heavy (non-hydrogen) atoms. The molecule has 0 spiro atoms. The van der Waals surface area contributed by atoms with Crippen LogP contribution in [0.4, 0.5) is 0 Å². The lowest BCUT2D eigenvalue weighted by Crippen LogP contribution is -2.03. The summed E-state index contributed by atoms with van der Waals surface area (Å²) in [6.45, 7) is 6.76. The van der Waals surface area contributed by atoms with Gasteiger partial charge in [-0.2, -0.15) is 0 Å². The highest BCUT2D eigenvalue weighted by Gasteiger charge is 2.10. The molecule has 1 heterocycles. The van der Waals surface area contributed by atoms with Gasteiger partial charge in [-0.3, -0.25) is 0 Å². The van der Waals surface area contributed by atoms with Crippen molar-refractivity contribution in [2.45, 2.75) is 58.8 Å². The van der Waals surface area contributed by atoms with E-state index in [2.05, 4.69) is 67.9 Å². The van der Waals surface area contributed by atoms with Crippen molar-refractivity contribution in [2.24, 2.45) is 0 Å². The number of rotatable bonds is 7. The minimum absolute atomic E-state index is 0.628. The zero-order chi connectivity index (χ0) is 14.4. The van der Waals surface area contributed by atoms with E-state index in [1.807, 2.05) is 0 Å². The Bertz CT molecular complexity index is 507. The Morgan fingerprint density at radius 1 is 1.00 bits per heavy atom. The molecule has 0 aliphatic heterocycles. The maximum atomic E-state index is 2.35. The number of aryl methyl sites for hydroxylation is 1. The van der Waals surface area contributed by atoms with Gasteiger partial charge in [0.1, 0.15) is 0 Å². The minimum Gasteiger partial charge on any atom is -0.321 e. The van der Waals surface area contributed by atoms with Gasteiger partial charge in [-0.05, 0) is 43.5 Å². The summed E-state index contributed by atoms with van der Waals surface area (Å²) in [7, 11) is 0. The molecular weight excluding hydrogens is 242 g/mol. The van der Waals surface area contributed by atoms with Crippen LogP contribution in [0.25, 0.3) is 5.69 Å². The third kappa shape index (κ3) is 3.75. The molecule has 0 saturated carbocycles. The lowest BCUT2D eigenvalue weighted by atomic mass is 9.99. The van der Waals surface area contributed by atoms with Crippen molar-refractivity contribution in [2.75, 3.05) is 0 Å². The lowest BCUT2D eigenvalue weighted by Gasteiger charge is -2.16. The van der Waals surface area contributed by atoms with Crippen molar-refractivity contribution in [3.8, 4) is 5.69 Å². The van der Waals surface area contributed by atoms with Crippen LogP contribution < -0.4 is 0 Å². The molecule has 1 unspecified atom stereocenters. The number of benzene rings is 1. The molecule has 1 nitrogen and oxygen atoms in total. The maximum absolute atomic E-state index is 2.35. The number of aromatic nitrogens is 1. The van der Waals surface area contributed by atoms with Crippen molar-refractivity contribution in [1.82, 2.24) is 4.57 Å². The van der Waals surface area contributed by atoms with Gasteiger partial charge < -0.3 is 4.57 Å². The molecule has 0 aliphatic rings. The summed E-state index contributed by atoms with van der Waals surface area (Å²) in [5.74, 6) is 0.628. The first-order valence-electron chi connectivity index (χ1n) is 7.96. The summed E-state index contributed by atoms with van der Waals surface area (Å²) in [6.07, 6.45) is 8.86. The first kappa shape index (κ1) is 14.9. The predicted molar refractivity (Wildman–Crippen MR) is 87.7 cm³/mol. The smallest absolute Gasteiger partial charge is 0.0452 e. The zero-order valence-electron chi connectivity index (χ0n) is 13.1. The molecule has 1 atom stereocenters. The third-order valence-electron chi connectivity index (χ3n) is 4.09. The second-order valence-electron chi connectivity index (χ2n) is 5.89. The molecule has 0 radical (unpaired) electrons. The van der Waals surface area contributed by atoms with Gasteiger partial charge in [-0.1, -0.05) is 57.2 Å². The van der Waals surface area contributed by atoms with Gasteiger partial charge in [0.05, 0.1) is 0 Å². The van der Waals surface area contributed by atoms with E-state index in [4.69, 9.17) is 0 Å². The molecule has 2 rings (SSSR count). The van der Waals surface area contributed by atoms with E-state index >= 15 is 0 Å². The van der Waals surface area contributed by atoms with Crippen LogP contribution in [0.5, 0.6) is 0 Å². The molecule has 108 valence electrons. The molecule has 0 fully saturated rings. The van der Waals surface area contributed by atoms with E-state index in [1.165, 1.54) is 49.0 Å². The van der Waals surface area contributed by atoms with Crippen LogP contribution >= 0.6 is 0 Å². The summed E-state index contributed by atoms with van der Waals surface area (Å²) in [6, 6.07) is 13.2. The van der Waals surface area contributed by atoms with Crippen molar-refractivity contribution < 1.29 is 0 Å². The predicted octanol–water partition coefficient (Wildman–Crippen LogP) is 5.86.